The maximum atomic E-state index is 14.1. The smallest absolute Gasteiger partial charge is 0.367 e. The highest BCUT2D eigenvalue weighted by Crippen LogP contribution is 2.28. The summed E-state index contributed by atoms with van der Waals surface area (Å²) in [5.41, 5.74) is 1.23. The number of nitrogens with one attached hydrogen (secondary N) is 2. The van der Waals surface area contributed by atoms with Gasteiger partial charge in [-0.15, -0.1) is 5.10 Å². The Hall–Kier alpha value is -3.80. The summed E-state index contributed by atoms with van der Waals surface area (Å²) in [6.45, 7) is 1.03. The van der Waals surface area contributed by atoms with Gasteiger partial charge in [0.15, 0.2) is 5.82 Å². The molecule has 4 rings (SSSR count). The van der Waals surface area contributed by atoms with Crippen LogP contribution in [0.2, 0.25) is 0 Å². The third-order valence-electron chi connectivity index (χ3n) is 4.96. The molecule has 12 heteroatoms. The lowest BCUT2D eigenvalue weighted by Gasteiger charge is -2.11. The molecule has 0 spiro atoms. The van der Waals surface area contributed by atoms with Gasteiger partial charge in [0, 0.05) is 24.6 Å². The molecule has 2 aromatic carbocycles. The number of alkyl halides is 3. The van der Waals surface area contributed by atoms with Gasteiger partial charge in [-0.05, 0) is 53.9 Å². The highest BCUT2D eigenvalue weighted by molar-refractivity contribution is 5.78. The highest BCUT2D eigenvalue weighted by Gasteiger charge is 2.27. The van der Waals surface area contributed by atoms with Crippen LogP contribution in [0.25, 0.3) is 16.9 Å². The van der Waals surface area contributed by atoms with E-state index in [1.54, 1.807) is 0 Å². The number of carbonyl (C=O) groups is 2. The van der Waals surface area contributed by atoms with Crippen LogP contribution in [0.4, 0.5) is 27.8 Å². The van der Waals surface area contributed by atoms with E-state index < -0.39 is 31.0 Å². The zero-order valence-electron chi connectivity index (χ0n) is 19.1. The van der Waals surface area contributed by atoms with Crippen molar-refractivity contribution < 1.29 is 36.3 Å². The lowest BCUT2D eigenvalue weighted by molar-refractivity contribution is -0.176. The van der Waals surface area contributed by atoms with Gasteiger partial charge < -0.3 is 15.4 Å². The average Bonchev–Trinajstić information content (AvgIpc) is 3.39. The lowest BCUT2D eigenvalue weighted by atomic mass is 10.1. The van der Waals surface area contributed by atoms with Gasteiger partial charge in [0.2, 0.25) is 12.3 Å². The van der Waals surface area contributed by atoms with Crippen LogP contribution in [0.15, 0.2) is 48.5 Å². The van der Waals surface area contributed by atoms with Gasteiger partial charge in [-0.1, -0.05) is 6.92 Å². The zero-order valence-corrected chi connectivity index (χ0v) is 19.1. The minimum atomic E-state index is -4.49. The molecule has 3 aromatic rings. The Labute approximate surface area is 203 Å². The average molecular weight is 510 g/mol. The van der Waals surface area contributed by atoms with Crippen molar-refractivity contribution in [2.45, 2.75) is 26.1 Å². The highest BCUT2D eigenvalue weighted by atomic mass is 19.4. The molecular formula is C24H23F5N4O3. The molecule has 2 heterocycles. The predicted molar refractivity (Wildman–Crippen MR) is 121 cm³/mol. The summed E-state index contributed by atoms with van der Waals surface area (Å²) in [6.07, 6.45) is -3.37. The molecule has 0 bridgehead atoms. The molecule has 7 nitrogen and oxygen atoms in total. The Morgan fingerprint density at radius 3 is 2.42 bits per heavy atom. The number of benzene rings is 2. The number of aromatic nitrogens is 2. The fourth-order valence-corrected chi connectivity index (χ4v) is 3.41. The van der Waals surface area contributed by atoms with Gasteiger partial charge in [-0.3, -0.25) is 9.59 Å². The number of hydrogen-bond acceptors (Lipinski definition) is 4. The van der Waals surface area contributed by atoms with Gasteiger partial charge in [-0.25, -0.2) is 13.5 Å². The van der Waals surface area contributed by atoms with Crippen molar-refractivity contribution in [3.05, 3.63) is 65.7 Å². The Morgan fingerprint density at radius 1 is 1.14 bits per heavy atom. The van der Waals surface area contributed by atoms with Crippen LogP contribution >= 0.6 is 0 Å². The minimum absolute atomic E-state index is 0.151. The van der Waals surface area contributed by atoms with Crippen molar-refractivity contribution >= 4 is 18.1 Å². The predicted octanol–water partition coefficient (Wildman–Crippen LogP) is 4.61. The lowest BCUT2D eigenvalue weighted by Crippen LogP contribution is -2.16. The van der Waals surface area contributed by atoms with Crippen LogP contribution in [-0.4, -0.2) is 41.4 Å². The molecule has 0 aliphatic carbocycles. The van der Waals surface area contributed by atoms with Gasteiger partial charge in [0.1, 0.15) is 18.2 Å². The molecule has 1 atom stereocenters. The number of halogens is 5. The molecule has 0 radical (unpaired) electrons. The fourth-order valence-electron chi connectivity index (χ4n) is 3.41. The topological polar surface area (TPSA) is 85.3 Å². The van der Waals surface area contributed by atoms with Crippen molar-refractivity contribution in [3.8, 4) is 16.9 Å². The second kappa shape index (κ2) is 11.8. The number of anilines is 1. The summed E-state index contributed by atoms with van der Waals surface area (Å²) in [6, 6.07) is 10.4. The largest absolute Gasteiger partial charge is 0.411 e. The molecule has 1 aromatic heterocycles. The second-order valence-electron chi connectivity index (χ2n) is 8.13. The van der Waals surface area contributed by atoms with Gasteiger partial charge in [0.05, 0.1) is 18.0 Å². The van der Waals surface area contributed by atoms with Crippen molar-refractivity contribution in [2.24, 2.45) is 5.92 Å². The normalized spacial score (nSPS) is 15.2. The van der Waals surface area contributed by atoms with Crippen LogP contribution in [0.3, 0.4) is 0 Å². The van der Waals surface area contributed by atoms with Crippen LogP contribution in [0.5, 0.6) is 0 Å². The third-order valence-corrected chi connectivity index (χ3v) is 4.96. The first-order valence-corrected chi connectivity index (χ1v) is 10.8. The van der Waals surface area contributed by atoms with Gasteiger partial charge >= 0.3 is 6.18 Å². The molecule has 1 fully saturated rings. The van der Waals surface area contributed by atoms with E-state index in [9.17, 15) is 31.5 Å². The summed E-state index contributed by atoms with van der Waals surface area (Å²) >= 11 is 0. The quantitative estimate of drug-likeness (QED) is 0.359. The van der Waals surface area contributed by atoms with E-state index in [-0.39, 0.29) is 22.9 Å². The summed E-state index contributed by atoms with van der Waals surface area (Å²) in [5.74, 6) is -0.244. The SMILES string of the molecule is CC1CNC(=O)C1.O=CNc1cc(-c2cc(F)cc(COCC(F)(F)F)c2)n(-c2ccc(F)cc2)n1. The third kappa shape index (κ3) is 7.87. The Balaban J connectivity index is 0.000000444. The van der Waals surface area contributed by atoms with Gasteiger partial charge in [-0.2, -0.15) is 13.2 Å². The first-order valence-electron chi connectivity index (χ1n) is 10.8. The van der Waals surface area contributed by atoms with Crippen LogP contribution in [0, 0.1) is 17.6 Å². The number of amides is 2. The molecule has 192 valence electrons. The van der Waals surface area contributed by atoms with E-state index in [0.717, 1.165) is 25.1 Å². The molecule has 2 N–H and O–H groups in total. The van der Waals surface area contributed by atoms with Crippen LogP contribution in [0.1, 0.15) is 18.9 Å². The van der Waals surface area contributed by atoms with Crippen LogP contribution in [-0.2, 0) is 20.9 Å². The second-order valence-corrected chi connectivity index (χ2v) is 8.13. The van der Waals surface area contributed by atoms with E-state index in [1.807, 2.05) is 0 Å². The molecule has 1 unspecified atom stereocenters. The summed E-state index contributed by atoms with van der Waals surface area (Å²) < 4.78 is 70.0. The molecule has 0 saturated carbocycles. The van der Waals surface area contributed by atoms with E-state index >= 15 is 0 Å². The van der Waals surface area contributed by atoms with Crippen LogP contribution < -0.4 is 10.6 Å². The molecular weight excluding hydrogens is 487 g/mol. The molecule has 2 amide bonds. The van der Waals surface area contributed by atoms with E-state index in [2.05, 4.69) is 27.4 Å². The number of nitrogens with zero attached hydrogens (tertiary/aromatic N) is 2. The Bertz CT molecular complexity index is 1200. The maximum Gasteiger partial charge on any atom is 0.411 e. The fraction of sp³-hybridized carbons (Fsp3) is 0.292. The number of hydrogen-bond donors (Lipinski definition) is 2. The standard InChI is InChI=1S/C19H14F5N3O2.C5H9NO/c20-14-1-3-16(4-2-14)27-17(8-18(26-27)25-11-28)13-5-12(6-15(21)7-13)9-29-10-19(22,23)24;1-4-2-5(7)6-3-4/h1-8,11H,9-10H2,(H,25,26,28);4H,2-3H2,1H3,(H,6,7). The molecule has 1 saturated heterocycles. The monoisotopic (exact) mass is 510 g/mol. The number of ether oxygens (including phenoxy) is 1. The summed E-state index contributed by atoms with van der Waals surface area (Å²) in [7, 11) is 0. The van der Waals surface area contributed by atoms with Crippen molar-refractivity contribution in [3.63, 3.8) is 0 Å². The first kappa shape index (κ1) is 26.8. The van der Waals surface area contributed by atoms with E-state index in [1.165, 1.54) is 41.1 Å². The maximum absolute atomic E-state index is 14.1. The molecule has 36 heavy (non-hydrogen) atoms. The minimum Gasteiger partial charge on any atom is -0.367 e. The van der Waals surface area contributed by atoms with Crippen molar-refractivity contribution in [1.29, 1.82) is 0 Å². The number of carbonyl (C=O) groups excluding carboxylic acids is 2. The Morgan fingerprint density at radius 2 is 1.86 bits per heavy atom. The first-order chi connectivity index (χ1) is 17.0. The van der Waals surface area contributed by atoms with Gasteiger partial charge in [0.25, 0.3) is 0 Å². The summed E-state index contributed by atoms with van der Waals surface area (Å²) in [4.78, 5) is 21.1. The van der Waals surface area contributed by atoms with E-state index in [4.69, 9.17) is 0 Å². The van der Waals surface area contributed by atoms with Crippen molar-refractivity contribution in [2.75, 3.05) is 18.5 Å². The number of rotatable bonds is 7. The zero-order chi connectivity index (χ0) is 26.3. The Kier molecular flexibility index (Phi) is 8.75. The van der Waals surface area contributed by atoms with Crippen molar-refractivity contribution in [1.82, 2.24) is 15.1 Å². The summed E-state index contributed by atoms with van der Waals surface area (Å²) in [5, 5.41) is 9.28. The van der Waals surface area contributed by atoms with E-state index in [0.29, 0.717) is 23.7 Å². The molecule has 1 aliphatic heterocycles. The molecule has 1 aliphatic rings.